The molecule has 1 fully saturated rings. The van der Waals surface area contributed by atoms with Crippen molar-refractivity contribution in [3.63, 3.8) is 0 Å². The lowest BCUT2D eigenvalue weighted by atomic mass is 9.96. The Kier molecular flexibility index (Phi) is 8.53. The summed E-state index contributed by atoms with van der Waals surface area (Å²) in [6.45, 7) is 4.52. The number of amides is 1. The van der Waals surface area contributed by atoms with Crippen molar-refractivity contribution >= 4 is 34.9 Å². The van der Waals surface area contributed by atoms with Gasteiger partial charge in [-0.25, -0.2) is 4.79 Å². The summed E-state index contributed by atoms with van der Waals surface area (Å²) >= 11 is 5.83. The molecule has 4 aromatic rings. The van der Waals surface area contributed by atoms with Crippen LogP contribution in [0.25, 0.3) is 5.69 Å². The number of pyridine rings is 1. The molecular formula is C32H33N5O4S. The molecule has 1 aliphatic rings. The van der Waals surface area contributed by atoms with Crippen LogP contribution in [0.3, 0.4) is 0 Å². The second kappa shape index (κ2) is 12.4. The molecule has 3 heterocycles. The van der Waals surface area contributed by atoms with Crippen LogP contribution in [0.2, 0.25) is 0 Å². The fraction of sp³-hybridized carbons (Fsp3) is 0.250. The zero-order valence-electron chi connectivity index (χ0n) is 24.0. The Morgan fingerprint density at radius 3 is 2.45 bits per heavy atom. The number of anilines is 1. The van der Waals surface area contributed by atoms with E-state index in [-0.39, 0.29) is 30.4 Å². The van der Waals surface area contributed by atoms with Gasteiger partial charge in [-0.15, -0.1) is 0 Å². The number of ether oxygens (including phenoxy) is 2. The van der Waals surface area contributed by atoms with E-state index in [1.165, 1.54) is 7.11 Å². The standard InChI is InChI=1S/C32H33N5O4S/c1-20-19-24(21(2)37(20)23-14-12-22(13-15-23)31(39)41-4)30-29(26-10-7-8-17-33-26)35-32(42)36(30)18-16-28(38)34-25-9-5-6-11-27(25)40-3/h5-15,17,19,29-30H,16,18H2,1-4H3,(H,34,38)(H,35,42)/t29-,30+/m1/s1. The molecule has 0 saturated carbocycles. The van der Waals surface area contributed by atoms with Crippen molar-refractivity contribution in [3.8, 4) is 11.4 Å². The first-order valence-electron chi connectivity index (χ1n) is 13.6. The number of benzene rings is 2. The lowest BCUT2D eigenvalue weighted by molar-refractivity contribution is -0.116. The molecule has 42 heavy (non-hydrogen) atoms. The molecule has 0 spiro atoms. The molecule has 0 bridgehead atoms. The Hall–Kier alpha value is -4.70. The van der Waals surface area contributed by atoms with Gasteiger partial charge in [0.15, 0.2) is 5.11 Å². The van der Waals surface area contributed by atoms with Crippen molar-refractivity contribution in [3.05, 3.63) is 107 Å². The smallest absolute Gasteiger partial charge is 0.337 e. The van der Waals surface area contributed by atoms with Gasteiger partial charge in [0.1, 0.15) is 5.75 Å². The minimum Gasteiger partial charge on any atom is -0.495 e. The molecule has 2 aromatic carbocycles. The quantitative estimate of drug-likeness (QED) is 0.203. The first-order valence-corrected chi connectivity index (χ1v) is 14.0. The van der Waals surface area contributed by atoms with E-state index in [2.05, 4.69) is 38.1 Å². The first-order chi connectivity index (χ1) is 20.3. The van der Waals surface area contributed by atoms with E-state index >= 15 is 0 Å². The number of rotatable bonds is 9. The molecule has 9 nitrogen and oxygen atoms in total. The average Bonchev–Trinajstić information content (AvgIpc) is 3.50. The maximum Gasteiger partial charge on any atom is 0.337 e. The largest absolute Gasteiger partial charge is 0.495 e. The SMILES string of the molecule is COC(=O)c1ccc(-n2c(C)cc([C@H]3[C@@H](c4ccccn4)NC(=S)N3CCC(=O)Nc3ccccc3OC)c2C)cc1. The van der Waals surface area contributed by atoms with Gasteiger partial charge in [-0.2, -0.15) is 0 Å². The number of nitrogens with one attached hydrogen (secondary N) is 2. The number of hydrogen-bond donors (Lipinski definition) is 2. The van der Waals surface area contributed by atoms with E-state index < -0.39 is 0 Å². The van der Waals surface area contributed by atoms with Crippen LogP contribution < -0.4 is 15.4 Å². The molecule has 2 aromatic heterocycles. The van der Waals surface area contributed by atoms with Crippen molar-refractivity contribution in [2.45, 2.75) is 32.4 Å². The number of nitrogens with zero attached hydrogens (tertiary/aromatic N) is 3. The molecule has 0 unspecified atom stereocenters. The highest BCUT2D eigenvalue weighted by atomic mass is 32.1. The summed E-state index contributed by atoms with van der Waals surface area (Å²) in [6.07, 6.45) is 1.99. The van der Waals surface area contributed by atoms with Crippen molar-refractivity contribution < 1.29 is 19.1 Å². The maximum atomic E-state index is 13.0. The van der Waals surface area contributed by atoms with Crippen LogP contribution in [0.5, 0.6) is 5.75 Å². The van der Waals surface area contributed by atoms with E-state index in [1.807, 2.05) is 55.5 Å². The zero-order chi connectivity index (χ0) is 29.8. The molecule has 0 aliphatic carbocycles. The Balaban J connectivity index is 1.46. The number of esters is 1. The van der Waals surface area contributed by atoms with Crippen LogP contribution in [0.1, 0.15) is 51.5 Å². The average molecular weight is 584 g/mol. The van der Waals surface area contributed by atoms with Gasteiger partial charge in [0.25, 0.3) is 0 Å². The van der Waals surface area contributed by atoms with Gasteiger partial charge in [0, 0.05) is 36.2 Å². The van der Waals surface area contributed by atoms with E-state index in [9.17, 15) is 9.59 Å². The summed E-state index contributed by atoms with van der Waals surface area (Å²) < 4.78 is 12.4. The molecule has 1 aliphatic heterocycles. The third-order valence-electron chi connectivity index (χ3n) is 7.49. The van der Waals surface area contributed by atoms with E-state index in [0.29, 0.717) is 28.7 Å². The minimum atomic E-state index is -0.377. The number of thiocarbonyl (C=S) groups is 1. The highest BCUT2D eigenvalue weighted by molar-refractivity contribution is 7.80. The molecule has 2 atom stereocenters. The van der Waals surface area contributed by atoms with E-state index in [1.54, 1.807) is 31.5 Å². The highest BCUT2D eigenvalue weighted by Gasteiger charge is 2.41. The second-order valence-corrected chi connectivity index (χ2v) is 10.4. The van der Waals surface area contributed by atoms with E-state index in [4.69, 9.17) is 21.7 Å². The van der Waals surface area contributed by atoms with Gasteiger partial charge in [-0.1, -0.05) is 18.2 Å². The number of carbonyl (C=O) groups excluding carboxylic acids is 2. The Morgan fingerprint density at radius 1 is 1.02 bits per heavy atom. The third-order valence-corrected chi connectivity index (χ3v) is 7.85. The molecule has 1 amide bonds. The number of para-hydroxylation sites is 2. The van der Waals surface area contributed by atoms with Crippen molar-refractivity contribution in [1.29, 1.82) is 0 Å². The first kappa shape index (κ1) is 28.8. The van der Waals surface area contributed by atoms with Gasteiger partial charge in [-0.3, -0.25) is 9.78 Å². The van der Waals surface area contributed by atoms with Gasteiger partial charge in [-0.05, 0) is 86.2 Å². The number of methoxy groups -OCH3 is 2. The van der Waals surface area contributed by atoms with Crippen molar-refractivity contribution in [2.24, 2.45) is 0 Å². The zero-order valence-corrected chi connectivity index (χ0v) is 24.8. The highest BCUT2D eigenvalue weighted by Crippen LogP contribution is 2.41. The van der Waals surface area contributed by atoms with Crippen LogP contribution in [0.4, 0.5) is 5.69 Å². The summed E-state index contributed by atoms with van der Waals surface area (Å²) in [6, 6.07) is 22.2. The topological polar surface area (TPSA) is 97.7 Å². The summed E-state index contributed by atoms with van der Waals surface area (Å²) in [5.74, 6) is 0.0835. The molecule has 216 valence electrons. The third kappa shape index (κ3) is 5.71. The Bertz CT molecular complexity index is 1600. The summed E-state index contributed by atoms with van der Waals surface area (Å²) in [4.78, 5) is 31.7. The number of aromatic nitrogens is 2. The molecule has 0 radical (unpaired) electrons. The molecular weight excluding hydrogens is 550 g/mol. The number of aryl methyl sites for hydroxylation is 1. The normalized spacial score (nSPS) is 16.2. The van der Waals surface area contributed by atoms with Gasteiger partial charge in [0.05, 0.1) is 43.2 Å². The lowest BCUT2D eigenvalue weighted by Gasteiger charge is -2.28. The lowest BCUT2D eigenvalue weighted by Crippen LogP contribution is -2.33. The van der Waals surface area contributed by atoms with Crippen LogP contribution in [-0.4, -0.2) is 52.2 Å². The summed E-state index contributed by atoms with van der Waals surface area (Å²) in [5, 5.41) is 6.98. The van der Waals surface area contributed by atoms with Crippen LogP contribution >= 0.6 is 12.2 Å². The predicted octanol–water partition coefficient (Wildman–Crippen LogP) is 5.29. The summed E-state index contributed by atoms with van der Waals surface area (Å²) in [5.41, 5.74) is 6.02. The monoisotopic (exact) mass is 583 g/mol. The summed E-state index contributed by atoms with van der Waals surface area (Å²) in [7, 11) is 2.94. The molecule has 2 N–H and O–H groups in total. The molecule has 1 saturated heterocycles. The predicted molar refractivity (Wildman–Crippen MR) is 165 cm³/mol. The Labute approximate surface area is 250 Å². The second-order valence-electron chi connectivity index (χ2n) is 10.0. The Morgan fingerprint density at radius 2 is 1.76 bits per heavy atom. The van der Waals surface area contributed by atoms with Gasteiger partial charge < -0.3 is 29.6 Å². The van der Waals surface area contributed by atoms with Crippen molar-refractivity contribution in [2.75, 3.05) is 26.1 Å². The molecule has 10 heteroatoms. The van der Waals surface area contributed by atoms with Crippen LogP contribution in [0.15, 0.2) is 79.0 Å². The maximum absolute atomic E-state index is 13.0. The van der Waals surface area contributed by atoms with Crippen molar-refractivity contribution in [1.82, 2.24) is 19.8 Å². The fourth-order valence-electron chi connectivity index (χ4n) is 5.52. The fourth-order valence-corrected chi connectivity index (χ4v) is 5.85. The van der Waals surface area contributed by atoms with Crippen LogP contribution in [-0.2, 0) is 9.53 Å². The van der Waals surface area contributed by atoms with E-state index in [0.717, 1.165) is 28.3 Å². The van der Waals surface area contributed by atoms with Gasteiger partial charge in [0.2, 0.25) is 5.91 Å². The number of hydrogen-bond acceptors (Lipinski definition) is 6. The van der Waals surface area contributed by atoms with Crippen LogP contribution in [0, 0.1) is 13.8 Å². The minimum absolute atomic E-state index is 0.140. The van der Waals surface area contributed by atoms with Gasteiger partial charge >= 0.3 is 5.97 Å². The molecule has 5 rings (SSSR count). The number of carbonyl (C=O) groups is 2.